The third-order valence-corrected chi connectivity index (χ3v) is 4.24. The Kier molecular flexibility index (Phi) is 4.03. The maximum absolute atomic E-state index is 5.97. The number of fused-ring (bicyclic) bond motifs is 1. The molecule has 2 aromatic rings. The fraction of sp³-hybridized carbons (Fsp3) is 0.200. The second-order valence-corrected chi connectivity index (χ2v) is 5.72. The van der Waals surface area contributed by atoms with Crippen molar-refractivity contribution in [3.05, 3.63) is 51.5 Å². The molecule has 3 nitrogen and oxygen atoms in total. The van der Waals surface area contributed by atoms with Gasteiger partial charge in [0.05, 0.1) is 5.02 Å². The van der Waals surface area contributed by atoms with Crippen LogP contribution in [0.25, 0.3) is 0 Å². The van der Waals surface area contributed by atoms with Crippen LogP contribution in [0.3, 0.4) is 0 Å². The fourth-order valence-electron chi connectivity index (χ4n) is 2.01. The Balaban J connectivity index is 1.70. The summed E-state index contributed by atoms with van der Waals surface area (Å²) in [7, 11) is 0. The van der Waals surface area contributed by atoms with Gasteiger partial charge in [-0.3, -0.25) is 0 Å². The van der Waals surface area contributed by atoms with Crippen LogP contribution < -0.4 is 14.8 Å². The van der Waals surface area contributed by atoms with E-state index in [1.54, 1.807) is 0 Å². The summed E-state index contributed by atoms with van der Waals surface area (Å²) in [6, 6.07) is 11.8. The Morgan fingerprint density at radius 1 is 1.05 bits per heavy atom. The van der Waals surface area contributed by atoms with E-state index in [-0.39, 0.29) is 0 Å². The predicted molar refractivity (Wildman–Crippen MR) is 83.9 cm³/mol. The monoisotopic (exact) mass is 353 g/mol. The summed E-state index contributed by atoms with van der Waals surface area (Å²) in [5, 5.41) is 4.05. The lowest BCUT2D eigenvalue weighted by molar-refractivity contribution is 0.171. The molecule has 104 valence electrons. The molecule has 0 spiro atoms. The van der Waals surface area contributed by atoms with Gasteiger partial charge in [-0.2, -0.15) is 0 Å². The Morgan fingerprint density at radius 2 is 1.85 bits per heavy atom. The van der Waals surface area contributed by atoms with Crippen molar-refractivity contribution < 1.29 is 9.47 Å². The molecule has 1 N–H and O–H groups in total. The number of halogens is 2. The van der Waals surface area contributed by atoms with Crippen molar-refractivity contribution in [3.8, 4) is 11.5 Å². The van der Waals surface area contributed by atoms with Gasteiger partial charge < -0.3 is 14.8 Å². The molecule has 3 rings (SSSR count). The van der Waals surface area contributed by atoms with Crippen molar-refractivity contribution in [2.45, 2.75) is 6.54 Å². The van der Waals surface area contributed by atoms with Crippen LogP contribution >= 0.6 is 27.5 Å². The smallest absolute Gasteiger partial charge is 0.161 e. The highest BCUT2D eigenvalue weighted by atomic mass is 79.9. The third kappa shape index (κ3) is 3.02. The Bertz CT molecular complexity index is 633. The zero-order chi connectivity index (χ0) is 13.9. The average molecular weight is 355 g/mol. The van der Waals surface area contributed by atoms with E-state index in [0.29, 0.717) is 24.8 Å². The summed E-state index contributed by atoms with van der Waals surface area (Å²) in [5.41, 5.74) is 2.15. The van der Waals surface area contributed by atoms with E-state index in [9.17, 15) is 0 Å². The fourth-order valence-corrected chi connectivity index (χ4v) is 2.50. The lowest BCUT2D eigenvalue weighted by atomic mass is 10.2. The van der Waals surface area contributed by atoms with Crippen molar-refractivity contribution in [1.29, 1.82) is 0 Å². The summed E-state index contributed by atoms with van der Waals surface area (Å²) in [6.07, 6.45) is 0. The molecule has 0 radical (unpaired) electrons. The standard InChI is InChI=1S/C15H13BrClNO2/c16-12-8-11(2-3-13(12)17)18-9-10-1-4-14-15(7-10)20-6-5-19-14/h1-4,7-8,18H,5-6,9H2. The predicted octanol–water partition coefficient (Wildman–Crippen LogP) is 4.49. The zero-order valence-corrected chi connectivity index (χ0v) is 13.0. The van der Waals surface area contributed by atoms with E-state index in [1.807, 2.05) is 36.4 Å². The lowest BCUT2D eigenvalue weighted by Crippen LogP contribution is -2.15. The largest absolute Gasteiger partial charge is 0.486 e. The van der Waals surface area contributed by atoms with E-state index < -0.39 is 0 Å². The van der Waals surface area contributed by atoms with Crippen LogP contribution in [0.5, 0.6) is 11.5 Å². The van der Waals surface area contributed by atoms with Gasteiger partial charge in [0.15, 0.2) is 11.5 Å². The highest BCUT2D eigenvalue weighted by Gasteiger charge is 2.11. The summed E-state index contributed by atoms with van der Waals surface area (Å²) < 4.78 is 12.0. The molecule has 20 heavy (non-hydrogen) atoms. The van der Waals surface area contributed by atoms with Crippen molar-refractivity contribution in [2.75, 3.05) is 18.5 Å². The van der Waals surface area contributed by atoms with E-state index in [1.165, 1.54) is 0 Å². The van der Waals surface area contributed by atoms with E-state index in [4.69, 9.17) is 21.1 Å². The number of benzene rings is 2. The molecule has 0 fully saturated rings. The van der Waals surface area contributed by atoms with Gasteiger partial charge in [0.25, 0.3) is 0 Å². The minimum Gasteiger partial charge on any atom is -0.486 e. The Morgan fingerprint density at radius 3 is 2.65 bits per heavy atom. The van der Waals surface area contributed by atoms with Gasteiger partial charge in [-0.15, -0.1) is 0 Å². The van der Waals surface area contributed by atoms with E-state index in [2.05, 4.69) is 21.2 Å². The Labute approximate surface area is 131 Å². The second-order valence-electron chi connectivity index (χ2n) is 4.46. The quantitative estimate of drug-likeness (QED) is 0.881. The molecule has 0 aliphatic carbocycles. The Hall–Kier alpha value is -1.39. The SMILES string of the molecule is Clc1ccc(NCc2ccc3c(c2)OCCO3)cc1Br. The van der Waals surface area contributed by atoms with Crippen LogP contribution in [0.1, 0.15) is 5.56 Å². The van der Waals surface area contributed by atoms with Gasteiger partial charge in [0.2, 0.25) is 0 Å². The number of rotatable bonds is 3. The highest BCUT2D eigenvalue weighted by molar-refractivity contribution is 9.10. The van der Waals surface area contributed by atoms with Crippen LogP contribution in [-0.4, -0.2) is 13.2 Å². The average Bonchev–Trinajstić information content (AvgIpc) is 2.48. The third-order valence-electron chi connectivity index (χ3n) is 3.02. The molecule has 1 heterocycles. The molecule has 0 bridgehead atoms. The van der Waals surface area contributed by atoms with Gasteiger partial charge in [-0.1, -0.05) is 17.7 Å². The number of ether oxygens (including phenoxy) is 2. The number of hydrogen-bond acceptors (Lipinski definition) is 3. The molecule has 5 heteroatoms. The summed E-state index contributed by atoms with van der Waals surface area (Å²) in [6.45, 7) is 1.93. The van der Waals surface area contributed by atoms with E-state index in [0.717, 1.165) is 27.2 Å². The van der Waals surface area contributed by atoms with Crippen LogP contribution in [0.4, 0.5) is 5.69 Å². The lowest BCUT2D eigenvalue weighted by Gasteiger charge is -2.19. The van der Waals surface area contributed by atoms with Crippen molar-refractivity contribution in [3.63, 3.8) is 0 Å². The topological polar surface area (TPSA) is 30.5 Å². The minimum atomic E-state index is 0.605. The van der Waals surface area contributed by atoms with Crippen LogP contribution in [0.2, 0.25) is 5.02 Å². The van der Waals surface area contributed by atoms with Gasteiger partial charge in [-0.25, -0.2) is 0 Å². The zero-order valence-electron chi connectivity index (χ0n) is 10.7. The van der Waals surface area contributed by atoms with Crippen molar-refractivity contribution in [1.82, 2.24) is 0 Å². The first kappa shape index (κ1) is 13.6. The number of nitrogens with one attached hydrogen (secondary N) is 1. The maximum atomic E-state index is 5.97. The van der Waals surface area contributed by atoms with Gasteiger partial charge in [-0.05, 0) is 51.8 Å². The summed E-state index contributed by atoms with van der Waals surface area (Å²) in [4.78, 5) is 0. The number of anilines is 1. The normalized spacial score (nSPS) is 13.1. The first-order valence-electron chi connectivity index (χ1n) is 6.30. The maximum Gasteiger partial charge on any atom is 0.161 e. The van der Waals surface area contributed by atoms with Crippen molar-refractivity contribution >= 4 is 33.2 Å². The molecule has 0 unspecified atom stereocenters. The second kappa shape index (κ2) is 5.94. The molecule has 0 saturated carbocycles. The van der Waals surface area contributed by atoms with Crippen LogP contribution in [0.15, 0.2) is 40.9 Å². The van der Waals surface area contributed by atoms with Crippen molar-refractivity contribution in [2.24, 2.45) is 0 Å². The molecular formula is C15H13BrClNO2. The van der Waals surface area contributed by atoms with E-state index >= 15 is 0 Å². The van der Waals surface area contributed by atoms with Crippen LogP contribution in [0, 0.1) is 0 Å². The first-order valence-corrected chi connectivity index (χ1v) is 7.47. The molecule has 0 amide bonds. The molecule has 0 aromatic heterocycles. The minimum absolute atomic E-state index is 0.605. The molecule has 2 aromatic carbocycles. The van der Waals surface area contributed by atoms with Gasteiger partial charge >= 0.3 is 0 Å². The summed E-state index contributed by atoms with van der Waals surface area (Å²) in [5.74, 6) is 1.63. The van der Waals surface area contributed by atoms with Gasteiger partial charge in [0, 0.05) is 16.7 Å². The van der Waals surface area contributed by atoms with Crippen LogP contribution in [-0.2, 0) is 6.54 Å². The number of hydrogen-bond donors (Lipinski definition) is 1. The molecule has 1 aliphatic heterocycles. The summed E-state index contributed by atoms with van der Waals surface area (Å²) >= 11 is 9.39. The first-order chi connectivity index (χ1) is 9.72. The molecule has 0 saturated heterocycles. The molecule has 0 atom stereocenters. The highest BCUT2D eigenvalue weighted by Crippen LogP contribution is 2.31. The van der Waals surface area contributed by atoms with Gasteiger partial charge in [0.1, 0.15) is 13.2 Å². The molecular weight excluding hydrogens is 342 g/mol. The molecule has 1 aliphatic rings.